The van der Waals surface area contributed by atoms with Crippen molar-refractivity contribution in [3.05, 3.63) is 60.3 Å². The van der Waals surface area contributed by atoms with Gasteiger partial charge in [0.2, 0.25) is 0 Å². The van der Waals surface area contributed by atoms with E-state index in [1.807, 2.05) is 0 Å². The first-order chi connectivity index (χ1) is 6.95. The Morgan fingerprint density at radius 3 is 1.56 bits per heavy atom. The first kappa shape index (κ1) is 13.3. The standard InChI is InChI=1S/C12H12N2.2BrH/c1-3-7-13-9-10-14-8-4-2-6-12(14)11(13)5-1;;/h1-8H,9-10H2;2*1H/p-2. The molecule has 0 aliphatic carbocycles. The number of halogens is 2. The zero-order chi connectivity index (χ0) is 9.38. The molecule has 0 bridgehead atoms. The molecule has 2 nitrogen and oxygen atoms in total. The highest BCUT2D eigenvalue weighted by molar-refractivity contribution is 5.41. The molecule has 3 aliphatic heterocycles. The lowest BCUT2D eigenvalue weighted by Gasteiger charge is -2.37. The van der Waals surface area contributed by atoms with Crippen molar-refractivity contribution in [2.24, 2.45) is 0 Å². The second kappa shape index (κ2) is 5.55. The fraction of sp³-hybridized carbons (Fsp3) is 0.167. The minimum atomic E-state index is 0. The van der Waals surface area contributed by atoms with Crippen LogP contribution in [-0.4, -0.2) is 22.9 Å². The summed E-state index contributed by atoms with van der Waals surface area (Å²) in [6, 6.07) is 0. The van der Waals surface area contributed by atoms with Gasteiger partial charge in [-0.15, -0.1) is 0 Å². The molecule has 0 aromatic rings. The van der Waals surface area contributed by atoms with E-state index < -0.39 is 0 Å². The molecule has 0 N–H and O–H groups in total. The van der Waals surface area contributed by atoms with Crippen LogP contribution in [0.15, 0.2) is 60.3 Å². The maximum absolute atomic E-state index is 2.30. The Morgan fingerprint density at radius 1 is 0.688 bits per heavy atom. The normalized spacial score (nSPS) is 20.0. The van der Waals surface area contributed by atoms with Crippen LogP contribution in [0.1, 0.15) is 0 Å². The maximum Gasteiger partial charge on any atom is 0.0647 e. The Balaban J connectivity index is 0.000000640. The molecule has 0 atom stereocenters. The molecule has 0 aromatic heterocycles. The third-order valence-electron chi connectivity index (χ3n) is 2.73. The second-order valence-electron chi connectivity index (χ2n) is 3.56. The van der Waals surface area contributed by atoms with E-state index in [9.17, 15) is 0 Å². The Labute approximate surface area is 117 Å². The molecular formula is C12H12Br2N2-2. The van der Waals surface area contributed by atoms with E-state index >= 15 is 0 Å². The molecule has 0 saturated carbocycles. The van der Waals surface area contributed by atoms with Crippen molar-refractivity contribution in [3.8, 4) is 0 Å². The van der Waals surface area contributed by atoms with Crippen molar-refractivity contribution in [3.63, 3.8) is 0 Å². The van der Waals surface area contributed by atoms with Crippen molar-refractivity contribution in [1.82, 2.24) is 9.80 Å². The van der Waals surface area contributed by atoms with Gasteiger partial charge in [0.15, 0.2) is 0 Å². The number of nitrogens with zero attached hydrogens (tertiary/aromatic N) is 2. The third-order valence-corrected chi connectivity index (χ3v) is 2.73. The van der Waals surface area contributed by atoms with E-state index in [-0.39, 0.29) is 34.0 Å². The van der Waals surface area contributed by atoms with Crippen molar-refractivity contribution in [1.29, 1.82) is 0 Å². The summed E-state index contributed by atoms with van der Waals surface area (Å²) in [7, 11) is 0. The molecule has 0 unspecified atom stereocenters. The fourth-order valence-corrected chi connectivity index (χ4v) is 2.02. The first-order valence-electron chi connectivity index (χ1n) is 4.92. The third kappa shape index (κ3) is 2.18. The van der Waals surface area contributed by atoms with Gasteiger partial charge in [-0.3, -0.25) is 0 Å². The van der Waals surface area contributed by atoms with E-state index in [2.05, 4.69) is 58.7 Å². The van der Waals surface area contributed by atoms with Gasteiger partial charge in [-0.25, -0.2) is 0 Å². The van der Waals surface area contributed by atoms with Crippen LogP contribution in [0, 0.1) is 0 Å². The highest BCUT2D eigenvalue weighted by atomic mass is 79.9. The van der Waals surface area contributed by atoms with Crippen LogP contribution < -0.4 is 34.0 Å². The Hall–Kier alpha value is -0.740. The molecule has 4 heteroatoms. The van der Waals surface area contributed by atoms with Crippen molar-refractivity contribution >= 4 is 0 Å². The van der Waals surface area contributed by atoms with Gasteiger partial charge in [-0.05, 0) is 24.3 Å². The van der Waals surface area contributed by atoms with Gasteiger partial charge in [-0.1, -0.05) is 12.2 Å². The molecule has 3 heterocycles. The summed E-state index contributed by atoms with van der Waals surface area (Å²) < 4.78 is 0. The quantitative estimate of drug-likeness (QED) is 0.442. The number of allylic oxidation sites excluding steroid dienone is 6. The highest BCUT2D eigenvalue weighted by Gasteiger charge is 2.21. The predicted molar refractivity (Wildman–Crippen MR) is 57.0 cm³/mol. The van der Waals surface area contributed by atoms with Crippen molar-refractivity contribution < 1.29 is 34.0 Å². The van der Waals surface area contributed by atoms with E-state index in [0.717, 1.165) is 13.1 Å². The highest BCUT2D eigenvalue weighted by Crippen LogP contribution is 2.26. The average molecular weight is 344 g/mol. The predicted octanol–water partition coefficient (Wildman–Crippen LogP) is -4.01. The van der Waals surface area contributed by atoms with Gasteiger partial charge < -0.3 is 43.8 Å². The van der Waals surface area contributed by atoms with E-state index in [1.54, 1.807) is 0 Å². The van der Waals surface area contributed by atoms with E-state index in [0.29, 0.717) is 0 Å². The van der Waals surface area contributed by atoms with E-state index in [4.69, 9.17) is 0 Å². The van der Waals surface area contributed by atoms with Crippen LogP contribution >= 0.6 is 0 Å². The summed E-state index contributed by atoms with van der Waals surface area (Å²) in [5.41, 5.74) is 2.61. The van der Waals surface area contributed by atoms with Gasteiger partial charge >= 0.3 is 0 Å². The molecule has 0 spiro atoms. The van der Waals surface area contributed by atoms with Crippen LogP contribution in [-0.2, 0) is 0 Å². The minimum absolute atomic E-state index is 0. The van der Waals surface area contributed by atoms with Gasteiger partial charge in [-0.2, -0.15) is 0 Å². The molecule has 16 heavy (non-hydrogen) atoms. The summed E-state index contributed by atoms with van der Waals surface area (Å²) in [4.78, 5) is 4.60. The zero-order valence-corrected chi connectivity index (χ0v) is 11.9. The molecule has 0 amide bonds. The first-order valence-corrected chi connectivity index (χ1v) is 4.92. The lowest BCUT2D eigenvalue weighted by molar-refractivity contribution is -0.00100. The van der Waals surface area contributed by atoms with E-state index in [1.165, 1.54) is 11.4 Å². The van der Waals surface area contributed by atoms with Crippen LogP contribution in [0.4, 0.5) is 0 Å². The average Bonchev–Trinajstić information content (AvgIpc) is 2.29. The van der Waals surface area contributed by atoms with Crippen molar-refractivity contribution in [2.75, 3.05) is 13.1 Å². The SMILES string of the molecule is C1=CC2=C3C=CC=CN3CCN2C=C1.[Br-].[Br-]. The van der Waals surface area contributed by atoms with Gasteiger partial charge in [0.05, 0.1) is 11.4 Å². The van der Waals surface area contributed by atoms with Crippen LogP contribution in [0.2, 0.25) is 0 Å². The van der Waals surface area contributed by atoms with Crippen LogP contribution in [0.25, 0.3) is 0 Å². The number of hydrogen-bond acceptors (Lipinski definition) is 2. The summed E-state index contributed by atoms with van der Waals surface area (Å²) in [6.45, 7) is 2.13. The number of fused-ring (bicyclic) bond motifs is 2. The Kier molecular flexibility index (Phi) is 4.62. The Bertz CT molecular complexity index is 367. The molecule has 0 fully saturated rings. The molecule has 86 valence electrons. The summed E-state index contributed by atoms with van der Waals surface area (Å²) in [5, 5.41) is 0. The molecular weight excluding hydrogens is 332 g/mol. The largest absolute Gasteiger partial charge is 1.00 e. The monoisotopic (exact) mass is 342 g/mol. The number of rotatable bonds is 0. The molecule has 3 rings (SSSR count). The lowest BCUT2D eigenvalue weighted by atomic mass is 10.1. The molecule has 0 saturated heterocycles. The molecule has 0 radical (unpaired) electrons. The fourth-order valence-electron chi connectivity index (χ4n) is 2.02. The smallest absolute Gasteiger partial charge is 0.0647 e. The maximum atomic E-state index is 2.30. The van der Waals surface area contributed by atoms with Gasteiger partial charge in [0.1, 0.15) is 0 Å². The lowest BCUT2D eigenvalue weighted by Crippen LogP contribution is -3.00. The topological polar surface area (TPSA) is 6.48 Å². The number of hydrogen-bond donors (Lipinski definition) is 0. The zero-order valence-electron chi connectivity index (χ0n) is 8.68. The van der Waals surface area contributed by atoms with Crippen LogP contribution in [0.3, 0.4) is 0 Å². The minimum Gasteiger partial charge on any atom is -1.00 e. The van der Waals surface area contributed by atoms with Crippen LogP contribution in [0.5, 0.6) is 0 Å². The summed E-state index contributed by atoms with van der Waals surface area (Å²) in [5.74, 6) is 0. The summed E-state index contributed by atoms with van der Waals surface area (Å²) in [6.07, 6.45) is 17.0. The van der Waals surface area contributed by atoms with Gasteiger partial charge in [0.25, 0.3) is 0 Å². The molecule has 3 aliphatic rings. The van der Waals surface area contributed by atoms with Crippen molar-refractivity contribution in [2.45, 2.75) is 0 Å². The summed E-state index contributed by atoms with van der Waals surface area (Å²) >= 11 is 0. The second-order valence-corrected chi connectivity index (χ2v) is 3.56. The van der Waals surface area contributed by atoms with Gasteiger partial charge in [0, 0.05) is 25.5 Å². The molecule has 0 aromatic carbocycles. The Morgan fingerprint density at radius 2 is 1.12 bits per heavy atom.